The molecule has 1 aliphatic carbocycles. The van der Waals surface area contributed by atoms with E-state index in [4.69, 9.17) is 23.9 Å². The summed E-state index contributed by atoms with van der Waals surface area (Å²) in [5, 5.41) is 3.48. The number of ether oxygens (including phenoxy) is 4. The van der Waals surface area contributed by atoms with Crippen molar-refractivity contribution in [1.29, 1.82) is 0 Å². The van der Waals surface area contributed by atoms with Gasteiger partial charge in [0.15, 0.2) is 11.5 Å². The van der Waals surface area contributed by atoms with Crippen LogP contribution in [0.15, 0.2) is 30.3 Å². The molecule has 1 heterocycles. The van der Waals surface area contributed by atoms with Crippen LogP contribution in [-0.2, 0) is 4.74 Å². The summed E-state index contributed by atoms with van der Waals surface area (Å²) < 4.78 is 23.7. The van der Waals surface area contributed by atoms with Crippen LogP contribution in [0.2, 0.25) is 0 Å². The number of rotatable bonds is 7. The molecular formula is C27H35N3O5. The average Bonchev–Trinajstić information content (AvgIpc) is 3.18. The molecule has 1 aliphatic rings. The number of fused-ring (bicyclic) bond motifs is 1. The maximum atomic E-state index is 12.2. The van der Waals surface area contributed by atoms with Crippen molar-refractivity contribution >= 4 is 28.6 Å². The Morgan fingerprint density at radius 3 is 2.29 bits per heavy atom. The fourth-order valence-electron chi connectivity index (χ4n) is 5.58. The van der Waals surface area contributed by atoms with E-state index in [1.54, 1.807) is 33.5 Å². The second kappa shape index (κ2) is 9.68. The van der Waals surface area contributed by atoms with Crippen LogP contribution in [0.25, 0.3) is 11.0 Å². The van der Waals surface area contributed by atoms with Gasteiger partial charge in [-0.1, -0.05) is 20.8 Å². The number of nitrogens with one attached hydrogen (secondary N) is 1. The van der Waals surface area contributed by atoms with Gasteiger partial charge in [0, 0.05) is 23.9 Å². The predicted molar refractivity (Wildman–Crippen MR) is 136 cm³/mol. The van der Waals surface area contributed by atoms with Crippen LogP contribution in [0.4, 0.5) is 11.6 Å². The predicted octanol–water partition coefficient (Wildman–Crippen LogP) is 5.98. The molecule has 8 nitrogen and oxygen atoms in total. The van der Waals surface area contributed by atoms with Gasteiger partial charge in [-0.15, -0.1) is 0 Å². The highest BCUT2D eigenvalue weighted by atomic mass is 16.5. The van der Waals surface area contributed by atoms with Crippen LogP contribution in [0.5, 0.6) is 17.2 Å². The second-order valence-electron chi connectivity index (χ2n) is 10.1. The number of carbonyl (C=O) groups is 1. The molecule has 0 radical (unpaired) electrons. The number of anilines is 2. The first kappa shape index (κ1) is 24.7. The van der Waals surface area contributed by atoms with Crippen molar-refractivity contribution in [3.05, 3.63) is 35.9 Å². The number of benzene rings is 2. The average molecular weight is 482 g/mol. The number of imidazole rings is 1. The lowest BCUT2D eigenvalue weighted by Crippen LogP contribution is -2.29. The molecule has 3 aromatic rings. The van der Waals surface area contributed by atoms with Gasteiger partial charge in [0.25, 0.3) is 0 Å². The summed E-state index contributed by atoms with van der Waals surface area (Å²) in [5.74, 6) is 2.54. The summed E-state index contributed by atoms with van der Waals surface area (Å²) in [5.41, 5.74) is 3.16. The Morgan fingerprint density at radius 1 is 1.03 bits per heavy atom. The zero-order valence-corrected chi connectivity index (χ0v) is 21.6. The Hall–Kier alpha value is -3.42. The third kappa shape index (κ3) is 4.88. The second-order valence-corrected chi connectivity index (χ2v) is 10.1. The van der Waals surface area contributed by atoms with Crippen molar-refractivity contribution in [1.82, 2.24) is 9.55 Å². The Bertz CT molecular complexity index is 1210. The quantitative estimate of drug-likeness (QED) is 0.416. The summed E-state index contributed by atoms with van der Waals surface area (Å²) in [6, 6.07) is 9.52. The number of esters is 1. The van der Waals surface area contributed by atoms with Crippen LogP contribution >= 0.6 is 0 Å². The Morgan fingerprint density at radius 2 is 1.71 bits per heavy atom. The van der Waals surface area contributed by atoms with E-state index in [2.05, 4.69) is 30.7 Å². The molecule has 1 saturated carbocycles. The molecular weight excluding hydrogens is 446 g/mol. The third-order valence-corrected chi connectivity index (χ3v) is 6.76. The van der Waals surface area contributed by atoms with Gasteiger partial charge in [-0.05, 0) is 48.8 Å². The smallest absolute Gasteiger partial charge is 0.337 e. The van der Waals surface area contributed by atoms with E-state index in [1.807, 2.05) is 18.2 Å². The topological polar surface area (TPSA) is 83.8 Å². The SMILES string of the molecule is COC(=O)c1ccc2c(c1)nc(Nc1cc(OC)c(OC)c(OC)c1)n2C1CC(C)CC(C)(C)C1. The molecule has 0 spiro atoms. The van der Waals surface area contributed by atoms with Gasteiger partial charge in [-0.3, -0.25) is 0 Å². The molecule has 8 heteroatoms. The van der Waals surface area contributed by atoms with Gasteiger partial charge < -0.3 is 28.8 Å². The van der Waals surface area contributed by atoms with Gasteiger partial charge in [-0.25, -0.2) is 9.78 Å². The van der Waals surface area contributed by atoms with Crippen LogP contribution in [0.1, 0.15) is 56.4 Å². The number of hydrogen-bond acceptors (Lipinski definition) is 7. The highest BCUT2D eigenvalue weighted by Gasteiger charge is 2.35. The monoisotopic (exact) mass is 481 g/mol. The van der Waals surface area contributed by atoms with E-state index < -0.39 is 0 Å². The summed E-state index contributed by atoms with van der Waals surface area (Å²) in [6.07, 6.45) is 3.28. The lowest BCUT2D eigenvalue weighted by molar-refractivity contribution is 0.0601. The minimum absolute atomic E-state index is 0.217. The lowest BCUT2D eigenvalue weighted by atomic mass is 9.70. The highest BCUT2D eigenvalue weighted by Crippen LogP contribution is 2.46. The Labute approximate surface area is 206 Å². The molecule has 2 atom stereocenters. The summed E-state index contributed by atoms with van der Waals surface area (Å²) >= 11 is 0. The summed E-state index contributed by atoms with van der Waals surface area (Å²) in [7, 11) is 6.15. The molecule has 1 fully saturated rings. The van der Waals surface area contributed by atoms with Crippen LogP contribution in [0, 0.1) is 11.3 Å². The van der Waals surface area contributed by atoms with Crippen LogP contribution < -0.4 is 19.5 Å². The zero-order valence-electron chi connectivity index (χ0n) is 21.6. The van der Waals surface area contributed by atoms with Crippen molar-refractivity contribution < 1.29 is 23.7 Å². The van der Waals surface area contributed by atoms with Gasteiger partial charge in [0.05, 0.1) is 45.0 Å². The maximum absolute atomic E-state index is 12.2. The standard InChI is InChI=1S/C27H35N3O5/c1-16-10-19(15-27(2,3)14-16)30-21-9-8-17(25(31)35-7)11-20(21)29-26(30)28-18-12-22(32-4)24(34-6)23(13-18)33-5/h8-9,11-13,16,19H,10,14-15H2,1-7H3,(H,28,29). The van der Waals surface area contributed by atoms with Crippen LogP contribution in [-0.4, -0.2) is 44.0 Å². The van der Waals surface area contributed by atoms with Crippen molar-refractivity contribution in [2.75, 3.05) is 33.8 Å². The molecule has 2 aromatic carbocycles. The number of carbonyl (C=O) groups excluding carboxylic acids is 1. The number of nitrogens with zero attached hydrogens (tertiary/aromatic N) is 2. The molecule has 1 N–H and O–H groups in total. The summed E-state index contributed by atoms with van der Waals surface area (Å²) in [4.78, 5) is 17.1. The molecule has 0 saturated heterocycles. The number of methoxy groups -OCH3 is 4. The van der Waals surface area contributed by atoms with Gasteiger partial charge >= 0.3 is 5.97 Å². The van der Waals surface area contributed by atoms with Gasteiger partial charge in [0.2, 0.25) is 11.7 Å². The third-order valence-electron chi connectivity index (χ3n) is 6.76. The van der Waals surface area contributed by atoms with Crippen molar-refractivity contribution in [2.45, 2.75) is 46.1 Å². The van der Waals surface area contributed by atoms with E-state index in [9.17, 15) is 4.79 Å². The molecule has 0 amide bonds. The number of aromatic nitrogens is 2. The number of hydrogen-bond donors (Lipinski definition) is 1. The normalized spacial score (nSPS) is 19.3. The van der Waals surface area contributed by atoms with E-state index >= 15 is 0 Å². The largest absolute Gasteiger partial charge is 0.493 e. The Balaban J connectivity index is 1.85. The fraction of sp³-hybridized carbons (Fsp3) is 0.481. The minimum Gasteiger partial charge on any atom is -0.493 e. The first-order chi connectivity index (χ1) is 16.7. The molecule has 35 heavy (non-hydrogen) atoms. The molecule has 0 aliphatic heterocycles. The van der Waals surface area contributed by atoms with Crippen molar-refractivity contribution in [2.24, 2.45) is 11.3 Å². The summed E-state index contributed by atoms with van der Waals surface area (Å²) in [6.45, 7) is 6.97. The molecule has 0 bridgehead atoms. The first-order valence-corrected chi connectivity index (χ1v) is 11.9. The van der Waals surface area contributed by atoms with Crippen molar-refractivity contribution in [3.63, 3.8) is 0 Å². The first-order valence-electron chi connectivity index (χ1n) is 11.9. The lowest BCUT2D eigenvalue weighted by Gasteiger charge is -2.40. The minimum atomic E-state index is -0.381. The van der Waals surface area contributed by atoms with Crippen molar-refractivity contribution in [3.8, 4) is 17.2 Å². The fourth-order valence-corrected chi connectivity index (χ4v) is 5.58. The van der Waals surface area contributed by atoms with Gasteiger partial charge in [-0.2, -0.15) is 0 Å². The molecule has 2 unspecified atom stereocenters. The van der Waals surface area contributed by atoms with Gasteiger partial charge in [0.1, 0.15) is 0 Å². The van der Waals surface area contributed by atoms with E-state index in [1.165, 1.54) is 13.5 Å². The molecule has 188 valence electrons. The highest BCUT2D eigenvalue weighted by molar-refractivity contribution is 5.94. The van der Waals surface area contributed by atoms with E-state index in [0.29, 0.717) is 34.7 Å². The molecule has 1 aromatic heterocycles. The van der Waals surface area contributed by atoms with E-state index in [0.717, 1.165) is 29.6 Å². The zero-order chi connectivity index (χ0) is 25.3. The maximum Gasteiger partial charge on any atom is 0.337 e. The van der Waals surface area contributed by atoms with Crippen LogP contribution in [0.3, 0.4) is 0 Å². The van der Waals surface area contributed by atoms with E-state index in [-0.39, 0.29) is 17.4 Å². The molecule has 4 rings (SSSR count). The Kier molecular flexibility index (Phi) is 6.83.